The van der Waals surface area contributed by atoms with Gasteiger partial charge in [0, 0.05) is 13.1 Å². The van der Waals surface area contributed by atoms with Crippen LogP contribution in [0.25, 0.3) is 0 Å². The van der Waals surface area contributed by atoms with Gasteiger partial charge in [-0.2, -0.15) is 0 Å². The van der Waals surface area contributed by atoms with E-state index in [1.54, 1.807) is 0 Å². The standard InChI is InChI=1S/C13H12N2O2.ClH/c16-12-10-2-8-6-1-7(5-14-4-6)9(8)3-11(10)13(17)15-12;/h2-3,6-7,14H,1,4-5H2,(H,15,16,17);1H. The Labute approximate surface area is 111 Å². The number of nitrogens with one attached hydrogen (secondary N) is 2. The second kappa shape index (κ2) is 3.80. The molecular weight excluding hydrogens is 252 g/mol. The minimum atomic E-state index is -0.248. The molecule has 4 rings (SSSR count). The first-order chi connectivity index (χ1) is 8.24. The quantitative estimate of drug-likeness (QED) is 0.692. The monoisotopic (exact) mass is 264 g/mol. The molecule has 1 saturated heterocycles. The van der Waals surface area contributed by atoms with Crippen LogP contribution < -0.4 is 10.6 Å². The van der Waals surface area contributed by atoms with Gasteiger partial charge < -0.3 is 5.32 Å². The van der Waals surface area contributed by atoms with Crippen molar-refractivity contribution in [3.05, 3.63) is 34.4 Å². The lowest BCUT2D eigenvalue weighted by molar-refractivity contribution is 0.0879. The Morgan fingerprint density at radius 2 is 1.44 bits per heavy atom. The number of carbonyl (C=O) groups excluding carboxylic acids is 2. The molecule has 2 unspecified atom stereocenters. The molecule has 2 bridgehead atoms. The summed E-state index contributed by atoms with van der Waals surface area (Å²) in [5.41, 5.74) is 3.65. The van der Waals surface area contributed by atoms with Crippen LogP contribution in [-0.2, 0) is 0 Å². The first kappa shape index (κ1) is 11.7. The number of piperidine rings is 1. The zero-order valence-corrected chi connectivity index (χ0v) is 10.5. The van der Waals surface area contributed by atoms with Gasteiger partial charge in [0.05, 0.1) is 11.1 Å². The number of carbonyl (C=O) groups is 2. The van der Waals surface area contributed by atoms with Crippen LogP contribution in [0.15, 0.2) is 12.1 Å². The number of hydrogen-bond donors (Lipinski definition) is 2. The van der Waals surface area contributed by atoms with E-state index in [0.29, 0.717) is 23.0 Å². The summed E-state index contributed by atoms with van der Waals surface area (Å²) < 4.78 is 0. The van der Waals surface area contributed by atoms with Gasteiger partial charge in [-0.05, 0) is 41.5 Å². The van der Waals surface area contributed by atoms with Gasteiger partial charge >= 0.3 is 0 Å². The van der Waals surface area contributed by atoms with Crippen molar-refractivity contribution < 1.29 is 9.59 Å². The fourth-order valence-electron chi connectivity index (χ4n) is 3.37. The van der Waals surface area contributed by atoms with Crippen molar-refractivity contribution in [3.8, 4) is 0 Å². The summed E-state index contributed by atoms with van der Waals surface area (Å²) in [5, 5.41) is 5.76. The fraction of sp³-hybridized carbons (Fsp3) is 0.385. The minimum absolute atomic E-state index is 0. The molecule has 2 aliphatic heterocycles. The highest BCUT2D eigenvalue weighted by molar-refractivity contribution is 6.21. The largest absolute Gasteiger partial charge is 0.316 e. The number of fused-ring (bicyclic) bond motifs is 6. The van der Waals surface area contributed by atoms with Crippen molar-refractivity contribution in [2.45, 2.75) is 18.3 Å². The van der Waals surface area contributed by atoms with Crippen molar-refractivity contribution in [2.75, 3.05) is 13.1 Å². The molecule has 2 heterocycles. The Kier molecular flexibility index (Phi) is 2.47. The average Bonchev–Trinajstić information content (AvgIpc) is 2.75. The molecule has 0 saturated carbocycles. The Morgan fingerprint density at radius 3 is 1.94 bits per heavy atom. The van der Waals surface area contributed by atoms with Crippen molar-refractivity contribution >= 4 is 24.2 Å². The van der Waals surface area contributed by atoms with Gasteiger partial charge in [0.1, 0.15) is 0 Å². The van der Waals surface area contributed by atoms with Crippen molar-refractivity contribution in [3.63, 3.8) is 0 Å². The van der Waals surface area contributed by atoms with E-state index in [1.165, 1.54) is 11.1 Å². The van der Waals surface area contributed by atoms with Crippen molar-refractivity contribution in [2.24, 2.45) is 0 Å². The summed E-state index contributed by atoms with van der Waals surface area (Å²) >= 11 is 0. The SMILES string of the molecule is Cl.O=C1NC(=O)c2cc3c(cc21)C1CNCC3C1. The lowest BCUT2D eigenvalue weighted by Crippen LogP contribution is -2.28. The Bertz CT molecular complexity index is 523. The second-order valence-corrected chi connectivity index (χ2v) is 5.10. The van der Waals surface area contributed by atoms with E-state index in [0.717, 1.165) is 19.5 Å². The second-order valence-electron chi connectivity index (χ2n) is 5.10. The van der Waals surface area contributed by atoms with E-state index in [1.807, 2.05) is 12.1 Å². The van der Waals surface area contributed by atoms with E-state index in [4.69, 9.17) is 0 Å². The molecule has 2 amide bonds. The lowest BCUT2D eigenvalue weighted by atomic mass is 9.96. The molecule has 1 aliphatic carbocycles. The van der Waals surface area contributed by atoms with Crippen LogP contribution in [-0.4, -0.2) is 24.9 Å². The van der Waals surface area contributed by atoms with Crippen LogP contribution in [0.3, 0.4) is 0 Å². The van der Waals surface area contributed by atoms with Crippen LogP contribution in [0.1, 0.15) is 50.1 Å². The summed E-state index contributed by atoms with van der Waals surface area (Å²) in [7, 11) is 0. The smallest absolute Gasteiger partial charge is 0.258 e. The number of hydrogen-bond acceptors (Lipinski definition) is 3. The van der Waals surface area contributed by atoms with Crippen LogP contribution in [0.2, 0.25) is 0 Å². The fourth-order valence-corrected chi connectivity index (χ4v) is 3.37. The molecular formula is C13H13ClN2O2. The van der Waals surface area contributed by atoms with Gasteiger partial charge in [0.15, 0.2) is 0 Å². The van der Waals surface area contributed by atoms with E-state index in [9.17, 15) is 9.59 Å². The predicted molar refractivity (Wildman–Crippen MR) is 68.5 cm³/mol. The molecule has 1 aromatic carbocycles. The van der Waals surface area contributed by atoms with Gasteiger partial charge in [-0.1, -0.05) is 0 Å². The number of benzene rings is 1. The molecule has 1 fully saturated rings. The molecule has 3 aliphatic rings. The molecule has 0 radical (unpaired) electrons. The Morgan fingerprint density at radius 1 is 0.944 bits per heavy atom. The Hall–Kier alpha value is -1.39. The molecule has 4 nitrogen and oxygen atoms in total. The maximum Gasteiger partial charge on any atom is 0.258 e. The van der Waals surface area contributed by atoms with Gasteiger partial charge in [-0.3, -0.25) is 14.9 Å². The third-order valence-electron chi connectivity index (χ3n) is 4.17. The molecule has 0 spiro atoms. The summed E-state index contributed by atoms with van der Waals surface area (Å²) in [4.78, 5) is 23.2. The molecule has 18 heavy (non-hydrogen) atoms. The number of amides is 2. The highest BCUT2D eigenvalue weighted by Crippen LogP contribution is 2.44. The molecule has 0 aromatic heterocycles. The van der Waals surface area contributed by atoms with Gasteiger partial charge in [-0.15, -0.1) is 12.4 Å². The number of rotatable bonds is 0. The van der Waals surface area contributed by atoms with E-state index in [2.05, 4.69) is 10.6 Å². The van der Waals surface area contributed by atoms with E-state index >= 15 is 0 Å². The van der Waals surface area contributed by atoms with Gasteiger partial charge in [0.2, 0.25) is 0 Å². The molecule has 2 atom stereocenters. The summed E-state index contributed by atoms with van der Waals surface area (Å²) in [5.74, 6) is 0.527. The highest BCUT2D eigenvalue weighted by atomic mass is 35.5. The Balaban J connectivity index is 0.000001000. The minimum Gasteiger partial charge on any atom is -0.316 e. The first-order valence-corrected chi connectivity index (χ1v) is 5.98. The molecule has 2 N–H and O–H groups in total. The molecule has 5 heteroatoms. The maximum absolute atomic E-state index is 11.6. The van der Waals surface area contributed by atoms with Gasteiger partial charge in [-0.25, -0.2) is 0 Å². The number of imide groups is 1. The molecule has 94 valence electrons. The van der Waals surface area contributed by atoms with Crippen LogP contribution in [0.5, 0.6) is 0 Å². The summed E-state index contributed by atoms with van der Waals surface area (Å²) in [6.07, 6.45) is 1.15. The van der Waals surface area contributed by atoms with Crippen molar-refractivity contribution in [1.29, 1.82) is 0 Å². The normalized spacial score (nSPS) is 27.3. The first-order valence-electron chi connectivity index (χ1n) is 5.98. The predicted octanol–water partition coefficient (Wildman–Crippen LogP) is 1.17. The maximum atomic E-state index is 11.6. The third-order valence-corrected chi connectivity index (χ3v) is 4.17. The van der Waals surface area contributed by atoms with E-state index < -0.39 is 0 Å². The van der Waals surface area contributed by atoms with Crippen LogP contribution >= 0.6 is 12.4 Å². The molecule has 1 aromatic rings. The van der Waals surface area contributed by atoms with Gasteiger partial charge in [0.25, 0.3) is 11.8 Å². The highest BCUT2D eigenvalue weighted by Gasteiger charge is 2.37. The van der Waals surface area contributed by atoms with Crippen LogP contribution in [0, 0.1) is 0 Å². The third kappa shape index (κ3) is 1.36. The topological polar surface area (TPSA) is 58.2 Å². The zero-order chi connectivity index (χ0) is 11.6. The average molecular weight is 265 g/mol. The van der Waals surface area contributed by atoms with Crippen LogP contribution in [0.4, 0.5) is 0 Å². The summed E-state index contributed by atoms with van der Waals surface area (Å²) in [6, 6.07) is 3.87. The zero-order valence-electron chi connectivity index (χ0n) is 9.66. The van der Waals surface area contributed by atoms with E-state index in [-0.39, 0.29) is 24.2 Å². The lowest BCUT2D eigenvalue weighted by Gasteiger charge is -2.19. The number of halogens is 1. The van der Waals surface area contributed by atoms with Crippen molar-refractivity contribution in [1.82, 2.24) is 10.6 Å². The summed E-state index contributed by atoms with van der Waals surface area (Å²) in [6.45, 7) is 1.97.